The zero-order valence-corrected chi connectivity index (χ0v) is 21.2. The van der Waals surface area contributed by atoms with Gasteiger partial charge in [0.05, 0.1) is 5.69 Å². The fourth-order valence-electron chi connectivity index (χ4n) is 4.13. The van der Waals surface area contributed by atoms with Crippen LogP contribution in [0.1, 0.15) is 57.0 Å². The number of nitrogens with one attached hydrogen (secondary N) is 2. The van der Waals surface area contributed by atoms with Gasteiger partial charge in [-0.05, 0) is 71.0 Å². The lowest BCUT2D eigenvalue weighted by atomic mass is 10.0. The van der Waals surface area contributed by atoms with Gasteiger partial charge >= 0.3 is 0 Å². The number of aromatic nitrogens is 2. The Morgan fingerprint density at radius 2 is 1.82 bits per heavy atom. The SMILES string of the molecule is CN=C(NCC(CC(C)C)N1CCCC1)NC(C)Cc1c(C)nn(C)c1C.I. The Kier molecular flexibility index (Phi) is 10.8. The highest BCUT2D eigenvalue weighted by atomic mass is 127. The van der Waals surface area contributed by atoms with Gasteiger partial charge in [0, 0.05) is 38.4 Å². The Balaban J connectivity index is 0.00000392. The predicted octanol–water partition coefficient (Wildman–Crippen LogP) is 3.26. The van der Waals surface area contributed by atoms with Crippen molar-refractivity contribution in [3.05, 3.63) is 17.0 Å². The summed E-state index contributed by atoms with van der Waals surface area (Å²) in [5, 5.41) is 11.7. The summed E-state index contributed by atoms with van der Waals surface area (Å²) in [5.41, 5.74) is 3.70. The largest absolute Gasteiger partial charge is 0.355 e. The van der Waals surface area contributed by atoms with Gasteiger partial charge in [-0.25, -0.2) is 0 Å². The molecule has 2 N–H and O–H groups in total. The molecule has 2 heterocycles. The number of aliphatic imine (C=N–C) groups is 1. The van der Waals surface area contributed by atoms with Gasteiger partial charge in [0.1, 0.15) is 0 Å². The van der Waals surface area contributed by atoms with E-state index >= 15 is 0 Å². The number of hydrogen-bond donors (Lipinski definition) is 2. The van der Waals surface area contributed by atoms with Crippen LogP contribution in [0.15, 0.2) is 4.99 Å². The van der Waals surface area contributed by atoms with Gasteiger partial charge in [-0.1, -0.05) is 13.8 Å². The molecule has 2 rings (SSSR count). The standard InChI is InChI=1S/C21H40N6.HI/c1-15(2)12-19(27-10-8-9-11-27)14-23-21(22-6)24-16(3)13-20-17(4)25-26(7)18(20)5;/h15-16,19H,8-14H2,1-7H3,(H2,22,23,24);1H. The molecule has 2 atom stereocenters. The second-order valence-corrected chi connectivity index (χ2v) is 8.50. The Hall–Kier alpha value is -0.830. The molecule has 28 heavy (non-hydrogen) atoms. The summed E-state index contributed by atoms with van der Waals surface area (Å²) < 4.78 is 1.97. The number of guanidine groups is 1. The summed E-state index contributed by atoms with van der Waals surface area (Å²) in [5.74, 6) is 1.61. The molecule has 0 bridgehead atoms. The number of likely N-dealkylation sites (tertiary alicyclic amines) is 1. The highest BCUT2D eigenvalue weighted by Crippen LogP contribution is 2.17. The van der Waals surface area contributed by atoms with E-state index in [1.165, 1.54) is 43.6 Å². The van der Waals surface area contributed by atoms with Gasteiger partial charge in [0.25, 0.3) is 0 Å². The molecule has 0 saturated carbocycles. The maximum Gasteiger partial charge on any atom is 0.191 e. The third-order valence-corrected chi connectivity index (χ3v) is 5.68. The lowest BCUT2D eigenvalue weighted by Gasteiger charge is -2.30. The molecule has 6 nitrogen and oxygen atoms in total. The molecule has 0 aliphatic carbocycles. The van der Waals surface area contributed by atoms with Crippen molar-refractivity contribution in [1.82, 2.24) is 25.3 Å². The summed E-state index contributed by atoms with van der Waals surface area (Å²) in [4.78, 5) is 7.10. The van der Waals surface area contributed by atoms with Crippen molar-refractivity contribution in [2.75, 3.05) is 26.7 Å². The monoisotopic (exact) mass is 504 g/mol. The van der Waals surface area contributed by atoms with Gasteiger partial charge in [-0.15, -0.1) is 24.0 Å². The fraction of sp³-hybridized carbons (Fsp3) is 0.810. The molecule has 0 amide bonds. The minimum atomic E-state index is 0. The summed E-state index contributed by atoms with van der Waals surface area (Å²) >= 11 is 0. The Morgan fingerprint density at radius 1 is 1.18 bits per heavy atom. The van der Waals surface area contributed by atoms with Crippen LogP contribution in [-0.2, 0) is 13.5 Å². The van der Waals surface area contributed by atoms with E-state index < -0.39 is 0 Å². The van der Waals surface area contributed by atoms with Gasteiger partial charge < -0.3 is 10.6 Å². The molecule has 0 aromatic carbocycles. The van der Waals surface area contributed by atoms with Crippen molar-refractivity contribution in [2.45, 2.75) is 72.4 Å². The van der Waals surface area contributed by atoms with Crippen molar-refractivity contribution in [3.8, 4) is 0 Å². The number of aryl methyl sites for hydroxylation is 2. The molecule has 1 aliphatic heterocycles. The zero-order valence-electron chi connectivity index (χ0n) is 18.9. The Bertz CT molecular complexity index is 619. The van der Waals surface area contributed by atoms with Crippen molar-refractivity contribution in [3.63, 3.8) is 0 Å². The van der Waals surface area contributed by atoms with E-state index in [1.807, 2.05) is 18.8 Å². The van der Waals surface area contributed by atoms with Crippen LogP contribution in [0.5, 0.6) is 0 Å². The minimum absolute atomic E-state index is 0. The van der Waals surface area contributed by atoms with Crippen LogP contribution >= 0.6 is 24.0 Å². The van der Waals surface area contributed by atoms with E-state index in [0.29, 0.717) is 18.0 Å². The molecule has 2 unspecified atom stereocenters. The first-order valence-corrected chi connectivity index (χ1v) is 10.5. The molecule has 1 saturated heterocycles. The van der Waals surface area contributed by atoms with Gasteiger partial charge in [0.2, 0.25) is 0 Å². The van der Waals surface area contributed by atoms with Crippen LogP contribution in [0, 0.1) is 19.8 Å². The van der Waals surface area contributed by atoms with Gasteiger partial charge in [-0.2, -0.15) is 5.10 Å². The molecule has 7 heteroatoms. The number of halogens is 1. The summed E-state index contributed by atoms with van der Waals surface area (Å²) in [6.07, 6.45) is 4.85. The summed E-state index contributed by atoms with van der Waals surface area (Å²) in [7, 11) is 3.87. The molecule has 0 radical (unpaired) electrons. The van der Waals surface area contributed by atoms with Crippen LogP contribution in [-0.4, -0.2) is 59.4 Å². The van der Waals surface area contributed by atoms with Crippen LogP contribution in [0.2, 0.25) is 0 Å². The smallest absolute Gasteiger partial charge is 0.191 e. The number of nitrogens with zero attached hydrogens (tertiary/aromatic N) is 4. The molecule has 0 spiro atoms. The molecule has 1 fully saturated rings. The van der Waals surface area contributed by atoms with Crippen LogP contribution in [0.4, 0.5) is 0 Å². The Morgan fingerprint density at radius 3 is 2.32 bits per heavy atom. The first-order chi connectivity index (χ1) is 12.8. The molecule has 1 aromatic rings. The van der Waals surface area contributed by atoms with Crippen LogP contribution in [0.25, 0.3) is 0 Å². The molecule has 1 aliphatic rings. The maximum absolute atomic E-state index is 4.53. The van der Waals surface area contributed by atoms with Crippen molar-refractivity contribution in [1.29, 1.82) is 0 Å². The second-order valence-electron chi connectivity index (χ2n) is 8.50. The number of rotatable bonds is 8. The van der Waals surface area contributed by atoms with E-state index in [-0.39, 0.29) is 24.0 Å². The van der Waals surface area contributed by atoms with Gasteiger partial charge in [0.15, 0.2) is 5.96 Å². The van der Waals surface area contributed by atoms with Crippen LogP contribution in [0.3, 0.4) is 0 Å². The fourth-order valence-corrected chi connectivity index (χ4v) is 4.13. The van der Waals surface area contributed by atoms with Crippen molar-refractivity contribution < 1.29 is 0 Å². The van der Waals surface area contributed by atoms with Crippen molar-refractivity contribution in [2.24, 2.45) is 18.0 Å². The molecule has 162 valence electrons. The second kappa shape index (κ2) is 12.0. The zero-order chi connectivity index (χ0) is 20.0. The third-order valence-electron chi connectivity index (χ3n) is 5.68. The first kappa shape index (κ1) is 25.2. The lowest BCUT2D eigenvalue weighted by Crippen LogP contribution is -2.49. The van der Waals surface area contributed by atoms with E-state index in [1.54, 1.807) is 0 Å². The van der Waals surface area contributed by atoms with E-state index in [2.05, 4.69) is 60.2 Å². The topological polar surface area (TPSA) is 57.5 Å². The highest BCUT2D eigenvalue weighted by Gasteiger charge is 2.23. The average Bonchev–Trinajstić information content (AvgIpc) is 3.22. The average molecular weight is 505 g/mol. The maximum atomic E-state index is 4.53. The normalized spacial score (nSPS) is 17.5. The third kappa shape index (κ3) is 7.21. The summed E-state index contributed by atoms with van der Waals surface area (Å²) in [6, 6.07) is 0.886. The lowest BCUT2D eigenvalue weighted by molar-refractivity contribution is 0.212. The van der Waals surface area contributed by atoms with E-state index in [0.717, 1.165) is 24.6 Å². The predicted molar refractivity (Wildman–Crippen MR) is 130 cm³/mol. The van der Waals surface area contributed by atoms with Crippen molar-refractivity contribution >= 4 is 29.9 Å². The molecule has 1 aromatic heterocycles. The first-order valence-electron chi connectivity index (χ1n) is 10.5. The quantitative estimate of drug-likeness (QED) is 0.324. The molecular formula is C21H41IN6. The van der Waals surface area contributed by atoms with Gasteiger partial charge in [-0.3, -0.25) is 14.6 Å². The van der Waals surface area contributed by atoms with E-state index in [9.17, 15) is 0 Å². The number of hydrogen-bond acceptors (Lipinski definition) is 3. The minimum Gasteiger partial charge on any atom is -0.355 e. The molecular weight excluding hydrogens is 463 g/mol. The highest BCUT2D eigenvalue weighted by molar-refractivity contribution is 14.0. The Labute approximate surface area is 189 Å². The van der Waals surface area contributed by atoms with Crippen LogP contribution < -0.4 is 10.6 Å². The summed E-state index contributed by atoms with van der Waals surface area (Å²) in [6.45, 7) is 14.5. The van der Waals surface area contributed by atoms with E-state index in [4.69, 9.17) is 0 Å².